The summed E-state index contributed by atoms with van der Waals surface area (Å²) < 4.78 is 20.8. The number of hydrazone groups is 1. The van der Waals surface area contributed by atoms with Gasteiger partial charge in [0, 0.05) is 0 Å². The fourth-order valence-electron chi connectivity index (χ4n) is 1.97. The van der Waals surface area contributed by atoms with Crippen molar-refractivity contribution in [3.8, 4) is 23.0 Å². The van der Waals surface area contributed by atoms with Crippen molar-refractivity contribution in [2.24, 2.45) is 5.10 Å². The van der Waals surface area contributed by atoms with Crippen LogP contribution in [0, 0.1) is 0 Å². The topological polar surface area (TPSA) is 78.4 Å². The molecular formula is C18H20N2O5. The number of hydrogen-bond donors (Lipinski definition) is 1. The SMILES string of the molecule is COc1ccc(OCC(=O)N/N=C\c2ccc(OC)c(OC)c2)cc1. The van der Waals surface area contributed by atoms with Gasteiger partial charge in [-0.15, -0.1) is 0 Å². The van der Waals surface area contributed by atoms with Crippen LogP contribution in [0.1, 0.15) is 5.56 Å². The van der Waals surface area contributed by atoms with Gasteiger partial charge in [0.15, 0.2) is 18.1 Å². The Morgan fingerprint density at radius 2 is 1.64 bits per heavy atom. The van der Waals surface area contributed by atoms with Crippen molar-refractivity contribution in [2.45, 2.75) is 0 Å². The maximum Gasteiger partial charge on any atom is 0.277 e. The quantitative estimate of drug-likeness (QED) is 0.587. The van der Waals surface area contributed by atoms with Crippen LogP contribution < -0.4 is 24.4 Å². The second kappa shape index (κ2) is 9.17. The van der Waals surface area contributed by atoms with Crippen LogP contribution in [0.3, 0.4) is 0 Å². The molecule has 0 atom stereocenters. The van der Waals surface area contributed by atoms with Gasteiger partial charge in [0.2, 0.25) is 0 Å². The molecule has 0 spiro atoms. The number of rotatable bonds is 8. The van der Waals surface area contributed by atoms with E-state index >= 15 is 0 Å². The Morgan fingerprint density at radius 1 is 0.960 bits per heavy atom. The third kappa shape index (κ3) is 5.42. The summed E-state index contributed by atoms with van der Waals surface area (Å²) in [4.78, 5) is 11.7. The number of ether oxygens (including phenoxy) is 4. The van der Waals surface area contributed by atoms with Gasteiger partial charge in [-0.1, -0.05) is 0 Å². The molecule has 0 saturated carbocycles. The number of benzene rings is 2. The summed E-state index contributed by atoms with van der Waals surface area (Å²) in [6.07, 6.45) is 1.51. The molecule has 2 aromatic carbocycles. The minimum absolute atomic E-state index is 0.143. The minimum Gasteiger partial charge on any atom is -0.497 e. The molecule has 0 radical (unpaired) electrons. The lowest BCUT2D eigenvalue weighted by atomic mass is 10.2. The third-order valence-electron chi connectivity index (χ3n) is 3.24. The van der Waals surface area contributed by atoms with Crippen LogP contribution in [0.15, 0.2) is 47.6 Å². The molecule has 132 valence electrons. The molecule has 0 bridgehead atoms. The molecule has 25 heavy (non-hydrogen) atoms. The van der Waals surface area contributed by atoms with Crippen LogP contribution in [0.2, 0.25) is 0 Å². The molecule has 0 unspecified atom stereocenters. The highest BCUT2D eigenvalue weighted by molar-refractivity contribution is 5.83. The first-order valence-electron chi connectivity index (χ1n) is 7.47. The number of amides is 1. The second-order valence-corrected chi connectivity index (χ2v) is 4.87. The summed E-state index contributed by atoms with van der Waals surface area (Å²) in [6.45, 7) is -0.143. The Balaban J connectivity index is 1.83. The van der Waals surface area contributed by atoms with E-state index in [-0.39, 0.29) is 12.5 Å². The predicted molar refractivity (Wildman–Crippen MR) is 93.8 cm³/mol. The highest BCUT2D eigenvalue weighted by Crippen LogP contribution is 2.26. The molecule has 0 heterocycles. The summed E-state index contributed by atoms with van der Waals surface area (Å²) in [6, 6.07) is 12.3. The van der Waals surface area contributed by atoms with E-state index in [1.165, 1.54) is 6.21 Å². The van der Waals surface area contributed by atoms with Crippen molar-refractivity contribution in [2.75, 3.05) is 27.9 Å². The van der Waals surface area contributed by atoms with Crippen LogP contribution in [-0.4, -0.2) is 40.1 Å². The Morgan fingerprint density at radius 3 is 2.28 bits per heavy atom. The van der Waals surface area contributed by atoms with E-state index in [4.69, 9.17) is 18.9 Å². The van der Waals surface area contributed by atoms with Gasteiger partial charge in [0.05, 0.1) is 27.5 Å². The molecule has 0 aliphatic heterocycles. The first-order valence-corrected chi connectivity index (χ1v) is 7.47. The van der Waals surface area contributed by atoms with E-state index in [2.05, 4.69) is 10.5 Å². The molecule has 7 heteroatoms. The van der Waals surface area contributed by atoms with E-state index in [1.807, 2.05) is 0 Å². The van der Waals surface area contributed by atoms with E-state index < -0.39 is 0 Å². The summed E-state index contributed by atoms with van der Waals surface area (Å²) >= 11 is 0. The summed E-state index contributed by atoms with van der Waals surface area (Å²) in [5.74, 6) is 2.13. The van der Waals surface area contributed by atoms with E-state index in [0.29, 0.717) is 17.2 Å². The Kier molecular flexibility index (Phi) is 6.65. The largest absolute Gasteiger partial charge is 0.497 e. The smallest absolute Gasteiger partial charge is 0.277 e. The molecule has 2 rings (SSSR count). The molecule has 0 aromatic heterocycles. The maximum absolute atomic E-state index is 11.7. The molecule has 0 fully saturated rings. The van der Waals surface area contributed by atoms with Crippen molar-refractivity contribution in [1.82, 2.24) is 5.43 Å². The highest BCUT2D eigenvalue weighted by Gasteiger charge is 2.04. The van der Waals surface area contributed by atoms with Crippen molar-refractivity contribution < 1.29 is 23.7 Å². The first kappa shape index (κ1) is 18.1. The second-order valence-electron chi connectivity index (χ2n) is 4.87. The number of hydrogen-bond acceptors (Lipinski definition) is 6. The standard InChI is InChI=1S/C18H20N2O5/c1-22-14-5-7-15(8-6-14)25-12-18(21)20-19-11-13-4-9-16(23-2)17(10-13)24-3/h4-11H,12H2,1-3H3,(H,20,21)/b19-11-. The van der Waals surface area contributed by atoms with Crippen molar-refractivity contribution >= 4 is 12.1 Å². The fourth-order valence-corrected chi connectivity index (χ4v) is 1.97. The van der Waals surface area contributed by atoms with Gasteiger partial charge in [-0.2, -0.15) is 5.10 Å². The number of methoxy groups -OCH3 is 3. The molecule has 7 nitrogen and oxygen atoms in total. The Bertz CT molecular complexity index is 729. The zero-order chi connectivity index (χ0) is 18.1. The molecular weight excluding hydrogens is 324 g/mol. The number of nitrogens with one attached hydrogen (secondary N) is 1. The van der Waals surface area contributed by atoms with Crippen LogP contribution >= 0.6 is 0 Å². The van der Waals surface area contributed by atoms with E-state index in [1.54, 1.807) is 63.8 Å². The van der Waals surface area contributed by atoms with Crippen LogP contribution in [-0.2, 0) is 4.79 Å². The number of carbonyl (C=O) groups excluding carboxylic acids is 1. The molecule has 1 amide bonds. The van der Waals surface area contributed by atoms with Crippen molar-refractivity contribution in [3.05, 3.63) is 48.0 Å². The van der Waals surface area contributed by atoms with Gasteiger partial charge in [0.1, 0.15) is 11.5 Å². The molecule has 0 aliphatic carbocycles. The van der Waals surface area contributed by atoms with Gasteiger partial charge >= 0.3 is 0 Å². The monoisotopic (exact) mass is 344 g/mol. The number of carbonyl (C=O) groups is 1. The molecule has 0 saturated heterocycles. The lowest BCUT2D eigenvalue weighted by Crippen LogP contribution is -2.24. The Labute approximate surface area is 146 Å². The summed E-state index contributed by atoms with van der Waals surface area (Å²) in [5, 5.41) is 3.89. The van der Waals surface area contributed by atoms with Gasteiger partial charge < -0.3 is 18.9 Å². The Hall–Kier alpha value is -3.22. The normalized spacial score (nSPS) is 10.4. The van der Waals surface area contributed by atoms with Crippen molar-refractivity contribution in [1.29, 1.82) is 0 Å². The zero-order valence-electron chi connectivity index (χ0n) is 14.3. The molecule has 0 aliphatic rings. The van der Waals surface area contributed by atoms with Gasteiger partial charge in [0.25, 0.3) is 5.91 Å². The summed E-state index contributed by atoms with van der Waals surface area (Å²) in [7, 11) is 4.70. The fraction of sp³-hybridized carbons (Fsp3) is 0.222. The maximum atomic E-state index is 11.7. The molecule has 2 aromatic rings. The van der Waals surface area contributed by atoms with E-state index in [0.717, 1.165) is 11.3 Å². The van der Waals surface area contributed by atoms with Crippen LogP contribution in [0.4, 0.5) is 0 Å². The minimum atomic E-state index is -0.368. The van der Waals surface area contributed by atoms with Gasteiger partial charge in [-0.25, -0.2) is 5.43 Å². The lowest BCUT2D eigenvalue weighted by Gasteiger charge is -2.07. The third-order valence-corrected chi connectivity index (χ3v) is 3.24. The first-order chi connectivity index (χ1) is 12.2. The zero-order valence-corrected chi connectivity index (χ0v) is 14.3. The van der Waals surface area contributed by atoms with Gasteiger partial charge in [-0.05, 0) is 48.0 Å². The lowest BCUT2D eigenvalue weighted by molar-refractivity contribution is -0.123. The van der Waals surface area contributed by atoms with Crippen molar-refractivity contribution in [3.63, 3.8) is 0 Å². The van der Waals surface area contributed by atoms with Gasteiger partial charge in [-0.3, -0.25) is 4.79 Å². The summed E-state index contributed by atoms with van der Waals surface area (Å²) in [5.41, 5.74) is 3.16. The molecule has 1 N–H and O–H groups in total. The highest BCUT2D eigenvalue weighted by atomic mass is 16.5. The average molecular weight is 344 g/mol. The van der Waals surface area contributed by atoms with E-state index in [9.17, 15) is 4.79 Å². The van der Waals surface area contributed by atoms with Crippen LogP contribution in [0.25, 0.3) is 0 Å². The average Bonchev–Trinajstić information content (AvgIpc) is 2.66. The predicted octanol–water partition coefficient (Wildman–Crippen LogP) is 2.24. The number of nitrogens with zero attached hydrogens (tertiary/aromatic N) is 1. The van der Waals surface area contributed by atoms with Crippen LogP contribution in [0.5, 0.6) is 23.0 Å².